The zero-order chi connectivity index (χ0) is 15.1. The minimum absolute atomic E-state index is 0.0792. The highest BCUT2D eigenvalue weighted by Gasteiger charge is 2.07. The van der Waals surface area contributed by atoms with Crippen molar-refractivity contribution in [2.24, 2.45) is 0 Å². The van der Waals surface area contributed by atoms with E-state index in [-0.39, 0.29) is 17.9 Å². The smallest absolute Gasteiger partial charge is 0.328 e. The second kappa shape index (κ2) is 7.75. The Morgan fingerprint density at radius 3 is 2.62 bits per heavy atom. The van der Waals surface area contributed by atoms with Crippen LogP contribution in [0, 0.1) is 0 Å². The average Bonchev–Trinajstić information content (AvgIpc) is 2.47. The molecule has 0 radical (unpaired) electrons. The standard InChI is InChI=1S/C14H17ClN4O2/c1-2-8-16-13-17-12(15)18-14(19-13)21-11-5-3-10(4-6-11)7-9-20/h3-6,20H,2,7-9H2,1H3,(H,16,17,18,19). The molecule has 0 atom stereocenters. The third-order valence-corrected chi connectivity index (χ3v) is 2.82. The Hall–Kier alpha value is -1.92. The topological polar surface area (TPSA) is 80.2 Å². The highest BCUT2D eigenvalue weighted by atomic mass is 35.5. The van der Waals surface area contributed by atoms with Crippen LogP contribution in [0.15, 0.2) is 24.3 Å². The van der Waals surface area contributed by atoms with E-state index in [2.05, 4.69) is 20.3 Å². The van der Waals surface area contributed by atoms with E-state index in [9.17, 15) is 0 Å². The highest BCUT2D eigenvalue weighted by molar-refractivity contribution is 6.28. The summed E-state index contributed by atoms with van der Waals surface area (Å²) >= 11 is 5.85. The molecule has 0 saturated heterocycles. The molecular formula is C14H17ClN4O2. The Bertz CT molecular complexity index is 578. The minimum Gasteiger partial charge on any atom is -0.424 e. The van der Waals surface area contributed by atoms with E-state index >= 15 is 0 Å². The van der Waals surface area contributed by atoms with Crippen LogP contribution >= 0.6 is 11.6 Å². The van der Waals surface area contributed by atoms with E-state index < -0.39 is 0 Å². The quantitative estimate of drug-likeness (QED) is 0.818. The van der Waals surface area contributed by atoms with Crippen molar-refractivity contribution in [3.05, 3.63) is 35.1 Å². The van der Waals surface area contributed by atoms with Gasteiger partial charge in [-0.1, -0.05) is 19.1 Å². The third-order valence-electron chi connectivity index (χ3n) is 2.65. The van der Waals surface area contributed by atoms with Crippen molar-refractivity contribution in [3.63, 3.8) is 0 Å². The first kappa shape index (κ1) is 15.5. The lowest BCUT2D eigenvalue weighted by molar-refractivity contribution is 0.299. The number of nitrogens with one attached hydrogen (secondary N) is 1. The molecule has 0 fully saturated rings. The Balaban J connectivity index is 2.09. The van der Waals surface area contributed by atoms with Crippen molar-refractivity contribution in [3.8, 4) is 11.8 Å². The molecule has 0 spiro atoms. The number of hydrogen-bond donors (Lipinski definition) is 2. The van der Waals surface area contributed by atoms with Crippen LogP contribution in [0.4, 0.5) is 5.95 Å². The number of anilines is 1. The van der Waals surface area contributed by atoms with Crippen molar-refractivity contribution in [1.82, 2.24) is 15.0 Å². The van der Waals surface area contributed by atoms with E-state index in [1.807, 2.05) is 19.1 Å². The van der Waals surface area contributed by atoms with Gasteiger partial charge in [0, 0.05) is 13.2 Å². The van der Waals surface area contributed by atoms with Gasteiger partial charge in [-0.15, -0.1) is 0 Å². The van der Waals surface area contributed by atoms with Gasteiger partial charge in [0.05, 0.1) is 0 Å². The summed E-state index contributed by atoms with van der Waals surface area (Å²) in [6, 6.07) is 7.49. The van der Waals surface area contributed by atoms with Crippen molar-refractivity contribution in [1.29, 1.82) is 0 Å². The van der Waals surface area contributed by atoms with E-state index in [4.69, 9.17) is 21.4 Å². The number of aliphatic hydroxyl groups excluding tert-OH is 1. The van der Waals surface area contributed by atoms with Crippen LogP contribution in [0.5, 0.6) is 11.8 Å². The maximum Gasteiger partial charge on any atom is 0.328 e. The van der Waals surface area contributed by atoms with Gasteiger partial charge in [-0.25, -0.2) is 0 Å². The predicted molar refractivity (Wildman–Crippen MR) is 80.9 cm³/mol. The van der Waals surface area contributed by atoms with Crippen LogP contribution < -0.4 is 10.1 Å². The first-order valence-corrected chi connectivity index (χ1v) is 7.12. The van der Waals surface area contributed by atoms with Gasteiger partial charge in [0.2, 0.25) is 11.2 Å². The molecule has 6 nitrogen and oxygen atoms in total. The number of rotatable bonds is 7. The Labute approximate surface area is 128 Å². The largest absolute Gasteiger partial charge is 0.424 e. The average molecular weight is 309 g/mol. The molecule has 2 N–H and O–H groups in total. The van der Waals surface area contributed by atoms with Crippen LogP contribution in [0.2, 0.25) is 5.28 Å². The third kappa shape index (κ3) is 4.84. The summed E-state index contributed by atoms with van der Waals surface area (Å²) in [4.78, 5) is 12.1. The van der Waals surface area contributed by atoms with Gasteiger partial charge in [-0.3, -0.25) is 0 Å². The fourth-order valence-corrected chi connectivity index (χ4v) is 1.80. The van der Waals surface area contributed by atoms with Gasteiger partial charge in [0.15, 0.2) is 0 Å². The molecule has 1 aromatic heterocycles. The second-order valence-corrected chi connectivity index (χ2v) is 4.70. The van der Waals surface area contributed by atoms with Crippen LogP contribution in [0.1, 0.15) is 18.9 Å². The van der Waals surface area contributed by atoms with Crippen molar-refractivity contribution in [2.75, 3.05) is 18.5 Å². The number of hydrogen-bond acceptors (Lipinski definition) is 6. The zero-order valence-electron chi connectivity index (χ0n) is 11.7. The molecule has 0 aliphatic carbocycles. The lowest BCUT2D eigenvalue weighted by Gasteiger charge is -2.07. The van der Waals surface area contributed by atoms with E-state index in [0.717, 1.165) is 18.5 Å². The fraction of sp³-hybridized carbons (Fsp3) is 0.357. The first-order chi connectivity index (χ1) is 10.2. The first-order valence-electron chi connectivity index (χ1n) is 6.74. The zero-order valence-corrected chi connectivity index (χ0v) is 12.5. The summed E-state index contributed by atoms with van der Waals surface area (Å²) in [5.41, 5.74) is 1.03. The maximum atomic E-state index is 8.88. The van der Waals surface area contributed by atoms with Crippen LogP contribution in [0.25, 0.3) is 0 Å². The molecule has 0 unspecified atom stereocenters. The normalized spacial score (nSPS) is 10.4. The van der Waals surface area contributed by atoms with Crippen LogP contribution in [-0.4, -0.2) is 33.2 Å². The summed E-state index contributed by atoms with van der Waals surface area (Å²) in [6.45, 7) is 2.91. The molecule has 0 saturated carbocycles. The summed E-state index contributed by atoms with van der Waals surface area (Å²) in [7, 11) is 0. The molecule has 0 amide bonds. The molecule has 2 aromatic rings. The number of aliphatic hydroxyl groups is 1. The molecular weight excluding hydrogens is 292 g/mol. The van der Waals surface area contributed by atoms with E-state index in [1.165, 1.54) is 0 Å². The van der Waals surface area contributed by atoms with E-state index in [0.29, 0.717) is 18.1 Å². The van der Waals surface area contributed by atoms with Crippen molar-refractivity contribution < 1.29 is 9.84 Å². The Morgan fingerprint density at radius 2 is 1.95 bits per heavy atom. The van der Waals surface area contributed by atoms with Crippen molar-refractivity contribution in [2.45, 2.75) is 19.8 Å². The Morgan fingerprint density at radius 1 is 1.19 bits per heavy atom. The minimum atomic E-state index is 0.0792. The van der Waals surface area contributed by atoms with Gasteiger partial charge >= 0.3 is 6.01 Å². The molecule has 1 heterocycles. The lowest BCUT2D eigenvalue weighted by Crippen LogP contribution is -2.06. The number of aromatic nitrogens is 3. The number of nitrogens with zero attached hydrogens (tertiary/aromatic N) is 3. The second-order valence-electron chi connectivity index (χ2n) is 4.36. The maximum absolute atomic E-state index is 8.88. The monoisotopic (exact) mass is 308 g/mol. The highest BCUT2D eigenvalue weighted by Crippen LogP contribution is 2.20. The lowest BCUT2D eigenvalue weighted by atomic mass is 10.1. The van der Waals surface area contributed by atoms with Gasteiger partial charge < -0.3 is 15.2 Å². The molecule has 0 aliphatic rings. The fourth-order valence-electron chi connectivity index (χ4n) is 1.65. The van der Waals surface area contributed by atoms with Gasteiger partial charge in [-0.2, -0.15) is 15.0 Å². The van der Waals surface area contributed by atoms with Gasteiger partial charge in [0.25, 0.3) is 0 Å². The van der Waals surface area contributed by atoms with Crippen LogP contribution in [-0.2, 0) is 6.42 Å². The molecule has 0 aliphatic heterocycles. The summed E-state index contributed by atoms with van der Waals surface area (Å²) in [6.07, 6.45) is 1.56. The van der Waals surface area contributed by atoms with E-state index in [1.54, 1.807) is 12.1 Å². The number of halogens is 1. The van der Waals surface area contributed by atoms with Crippen molar-refractivity contribution >= 4 is 17.5 Å². The Kier molecular flexibility index (Phi) is 5.71. The molecule has 112 valence electrons. The molecule has 21 heavy (non-hydrogen) atoms. The number of benzene rings is 1. The summed E-state index contributed by atoms with van der Waals surface area (Å²) < 4.78 is 5.56. The molecule has 0 bridgehead atoms. The summed E-state index contributed by atoms with van der Waals surface area (Å²) in [5, 5.41) is 12.0. The van der Waals surface area contributed by atoms with Gasteiger partial charge in [-0.05, 0) is 42.1 Å². The molecule has 7 heteroatoms. The summed E-state index contributed by atoms with van der Waals surface area (Å²) in [5.74, 6) is 0.990. The number of ether oxygens (including phenoxy) is 1. The predicted octanol–water partition coefficient (Wildman–Crippen LogP) is 2.67. The van der Waals surface area contributed by atoms with Crippen LogP contribution in [0.3, 0.4) is 0 Å². The molecule has 1 aromatic carbocycles. The SMILES string of the molecule is CCCNc1nc(Cl)nc(Oc2ccc(CCO)cc2)n1. The van der Waals surface area contributed by atoms with Gasteiger partial charge in [0.1, 0.15) is 5.75 Å². The molecule has 2 rings (SSSR count).